The summed E-state index contributed by atoms with van der Waals surface area (Å²) in [5.41, 5.74) is 6.19. The summed E-state index contributed by atoms with van der Waals surface area (Å²) in [4.78, 5) is 1.13. The van der Waals surface area contributed by atoms with Crippen LogP contribution in [-0.4, -0.2) is 14.8 Å². The molecule has 0 aliphatic rings. The first kappa shape index (κ1) is 11.3. The molecule has 0 aliphatic carbocycles. The van der Waals surface area contributed by atoms with Crippen LogP contribution in [0.15, 0.2) is 17.5 Å². The molecular formula is C11H16N4S. The van der Waals surface area contributed by atoms with Crippen LogP contribution in [0.2, 0.25) is 0 Å². The topological polar surface area (TPSA) is 56.7 Å². The van der Waals surface area contributed by atoms with Crippen molar-refractivity contribution in [3.8, 4) is 0 Å². The van der Waals surface area contributed by atoms with Gasteiger partial charge in [-0.2, -0.15) is 0 Å². The lowest BCUT2D eigenvalue weighted by atomic mass is 10.2. The number of aryl methyl sites for hydroxylation is 1. The lowest BCUT2D eigenvalue weighted by Gasteiger charge is -2.11. The molecule has 2 aromatic heterocycles. The highest BCUT2D eigenvalue weighted by atomic mass is 32.1. The van der Waals surface area contributed by atoms with E-state index in [0.717, 1.165) is 29.5 Å². The summed E-state index contributed by atoms with van der Waals surface area (Å²) in [5.74, 6) is 1.80. The van der Waals surface area contributed by atoms with E-state index >= 15 is 0 Å². The Hall–Kier alpha value is -1.20. The Kier molecular flexibility index (Phi) is 3.36. The minimum atomic E-state index is -0.159. The second kappa shape index (κ2) is 4.76. The van der Waals surface area contributed by atoms with Gasteiger partial charge in [0.1, 0.15) is 11.9 Å². The number of nitrogens with zero attached hydrogens (tertiary/aromatic N) is 3. The van der Waals surface area contributed by atoms with Crippen molar-refractivity contribution in [2.24, 2.45) is 5.73 Å². The monoisotopic (exact) mass is 236 g/mol. The molecule has 2 heterocycles. The Morgan fingerprint density at radius 3 is 2.94 bits per heavy atom. The first-order valence-corrected chi connectivity index (χ1v) is 6.30. The number of aromatic nitrogens is 3. The number of hydrogen-bond acceptors (Lipinski definition) is 4. The van der Waals surface area contributed by atoms with Gasteiger partial charge >= 0.3 is 0 Å². The molecule has 0 radical (unpaired) electrons. The quantitative estimate of drug-likeness (QED) is 0.884. The molecule has 2 rings (SSSR count). The molecule has 1 unspecified atom stereocenters. The summed E-state index contributed by atoms with van der Waals surface area (Å²) in [6, 6.07) is 3.89. The van der Waals surface area contributed by atoms with Crippen LogP contribution in [0.1, 0.15) is 35.9 Å². The molecular weight excluding hydrogens is 220 g/mol. The van der Waals surface area contributed by atoms with Crippen molar-refractivity contribution < 1.29 is 0 Å². The van der Waals surface area contributed by atoms with Crippen LogP contribution in [0, 0.1) is 6.92 Å². The van der Waals surface area contributed by atoms with Gasteiger partial charge in [-0.25, -0.2) is 0 Å². The maximum Gasteiger partial charge on any atom is 0.155 e. The molecule has 16 heavy (non-hydrogen) atoms. The highest BCUT2D eigenvalue weighted by Crippen LogP contribution is 2.22. The molecule has 0 saturated heterocycles. The van der Waals surface area contributed by atoms with Crippen molar-refractivity contribution in [3.05, 3.63) is 34.0 Å². The van der Waals surface area contributed by atoms with Crippen LogP contribution in [0.25, 0.3) is 0 Å². The minimum absolute atomic E-state index is 0.159. The van der Waals surface area contributed by atoms with Gasteiger partial charge in [0.2, 0.25) is 0 Å². The van der Waals surface area contributed by atoms with Gasteiger partial charge in [0.05, 0.1) is 0 Å². The average molecular weight is 236 g/mol. The third-order valence-corrected chi connectivity index (χ3v) is 3.49. The Morgan fingerprint density at radius 2 is 2.31 bits per heavy atom. The molecule has 86 valence electrons. The molecule has 0 aliphatic heterocycles. The fourth-order valence-electron chi connectivity index (χ4n) is 1.72. The van der Waals surface area contributed by atoms with Crippen molar-refractivity contribution >= 4 is 11.3 Å². The summed E-state index contributed by atoms with van der Waals surface area (Å²) >= 11 is 1.66. The van der Waals surface area contributed by atoms with Crippen molar-refractivity contribution in [1.29, 1.82) is 0 Å². The lowest BCUT2D eigenvalue weighted by Crippen LogP contribution is -2.17. The summed E-state index contributed by atoms with van der Waals surface area (Å²) in [5, 5.41) is 10.3. The van der Waals surface area contributed by atoms with E-state index in [0.29, 0.717) is 0 Å². The standard InChI is InChI=1S/C11H16N4S/c1-3-6-15-8(2)13-14-11(15)10(12)9-5-4-7-16-9/h4-5,7,10H,3,6,12H2,1-2H3. The van der Waals surface area contributed by atoms with E-state index in [2.05, 4.69) is 21.7 Å². The summed E-state index contributed by atoms with van der Waals surface area (Å²) in [6.07, 6.45) is 1.06. The van der Waals surface area contributed by atoms with E-state index in [-0.39, 0.29) is 6.04 Å². The van der Waals surface area contributed by atoms with Gasteiger partial charge in [-0.15, -0.1) is 21.5 Å². The fourth-order valence-corrected chi connectivity index (χ4v) is 2.45. The molecule has 0 fully saturated rings. The summed E-state index contributed by atoms with van der Waals surface area (Å²) < 4.78 is 2.10. The third kappa shape index (κ3) is 2.01. The van der Waals surface area contributed by atoms with E-state index < -0.39 is 0 Å². The van der Waals surface area contributed by atoms with Crippen molar-refractivity contribution in [2.45, 2.75) is 32.9 Å². The number of thiophene rings is 1. The van der Waals surface area contributed by atoms with Gasteiger partial charge < -0.3 is 10.3 Å². The average Bonchev–Trinajstić information content (AvgIpc) is 2.89. The highest BCUT2D eigenvalue weighted by molar-refractivity contribution is 7.10. The Labute approximate surface area is 99.1 Å². The molecule has 2 N–H and O–H groups in total. The van der Waals surface area contributed by atoms with Crippen LogP contribution in [0.3, 0.4) is 0 Å². The van der Waals surface area contributed by atoms with Gasteiger partial charge in [-0.3, -0.25) is 0 Å². The van der Waals surface area contributed by atoms with E-state index in [1.165, 1.54) is 0 Å². The van der Waals surface area contributed by atoms with Crippen LogP contribution < -0.4 is 5.73 Å². The molecule has 4 nitrogen and oxygen atoms in total. The smallest absolute Gasteiger partial charge is 0.155 e. The van der Waals surface area contributed by atoms with Crippen molar-refractivity contribution in [2.75, 3.05) is 0 Å². The van der Waals surface area contributed by atoms with E-state index in [1.54, 1.807) is 11.3 Å². The van der Waals surface area contributed by atoms with Crippen LogP contribution in [0.4, 0.5) is 0 Å². The van der Waals surface area contributed by atoms with Gasteiger partial charge in [-0.1, -0.05) is 13.0 Å². The van der Waals surface area contributed by atoms with Gasteiger partial charge in [-0.05, 0) is 24.8 Å². The first-order valence-electron chi connectivity index (χ1n) is 5.42. The summed E-state index contributed by atoms with van der Waals surface area (Å²) in [7, 11) is 0. The second-order valence-corrected chi connectivity index (χ2v) is 4.73. The lowest BCUT2D eigenvalue weighted by molar-refractivity contribution is 0.603. The van der Waals surface area contributed by atoms with Gasteiger partial charge in [0.25, 0.3) is 0 Å². The SMILES string of the molecule is CCCn1c(C)nnc1C(N)c1cccs1. The minimum Gasteiger partial charge on any atom is -0.317 e. The van der Waals surface area contributed by atoms with E-state index in [4.69, 9.17) is 5.73 Å². The molecule has 5 heteroatoms. The van der Waals surface area contributed by atoms with E-state index in [1.807, 2.05) is 24.4 Å². The zero-order valence-electron chi connectivity index (χ0n) is 9.55. The number of hydrogen-bond donors (Lipinski definition) is 1. The zero-order valence-corrected chi connectivity index (χ0v) is 10.4. The molecule has 1 atom stereocenters. The predicted octanol–water partition coefficient (Wildman–Crippen LogP) is 2.11. The van der Waals surface area contributed by atoms with Gasteiger partial charge in [0.15, 0.2) is 5.82 Å². The van der Waals surface area contributed by atoms with Crippen LogP contribution in [0.5, 0.6) is 0 Å². The largest absolute Gasteiger partial charge is 0.317 e. The predicted molar refractivity (Wildman–Crippen MR) is 65.4 cm³/mol. The zero-order chi connectivity index (χ0) is 11.5. The van der Waals surface area contributed by atoms with Crippen LogP contribution >= 0.6 is 11.3 Å². The van der Waals surface area contributed by atoms with Crippen molar-refractivity contribution in [1.82, 2.24) is 14.8 Å². The summed E-state index contributed by atoms with van der Waals surface area (Å²) in [6.45, 7) is 5.03. The number of rotatable bonds is 4. The maximum absolute atomic E-state index is 6.19. The van der Waals surface area contributed by atoms with Crippen molar-refractivity contribution in [3.63, 3.8) is 0 Å². The molecule has 0 saturated carbocycles. The number of nitrogens with two attached hydrogens (primary N) is 1. The molecule has 0 aromatic carbocycles. The Morgan fingerprint density at radius 1 is 1.50 bits per heavy atom. The highest BCUT2D eigenvalue weighted by Gasteiger charge is 2.18. The third-order valence-electron chi connectivity index (χ3n) is 2.54. The van der Waals surface area contributed by atoms with Gasteiger partial charge in [0, 0.05) is 11.4 Å². The molecule has 0 amide bonds. The fraction of sp³-hybridized carbons (Fsp3) is 0.455. The Bertz CT molecular complexity index is 447. The molecule has 0 bridgehead atoms. The van der Waals surface area contributed by atoms with Crippen LogP contribution in [-0.2, 0) is 6.54 Å². The maximum atomic E-state index is 6.19. The van der Waals surface area contributed by atoms with E-state index in [9.17, 15) is 0 Å². The second-order valence-electron chi connectivity index (χ2n) is 3.75. The first-order chi connectivity index (χ1) is 7.74. The Balaban J connectivity index is 2.33. The molecule has 2 aromatic rings. The molecule has 0 spiro atoms. The normalized spacial score (nSPS) is 12.9.